The molecule has 0 bridgehead atoms. The number of benzene rings is 1. The summed E-state index contributed by atoms with van der Waals surface area (Å²) in [5, 5.41) is 2.71. The molecule has 0 aliphatic carbocycles. The van der Waals surface area contributed by atoms with E-state index < -0.39 is 47.5 Å². The van der Waals surface area contributed by atoms with Gasteiger partial charge in [0.2, 0.25) is 5.91 Å². The molecule has 33 heavy (non-hydrogen) atoms. The molecule has 1 heterocycles. The molecule has 1 N–H and O–H groups in total. The summed E-state index contributed by atoms with van der Waals surface area (Å²) in [6.07, 6.45) is -0.877. The molecule has 1 fully saturated rings. The van der Waals surface area contributed by atoms with Gasteiger partial charge in [0, 0.05) is 19.8 Å². The Balaban J connectivity index is 2.12. The first-order valence-electron chi connectivity index (χ1n) is 11.0. The van der Waals surface area contributed by atoms with Crippen LogP contribution >= 0.6 is 0 Å². The Kier molecular flexibility index (Phi) is 8.97. The molecule has 0 spiro atoms. The van der Waals surface area contributed by atoms with Crippen molar-refractivity contribution in [1.29, 1.82) is 0 Å². The molecular formula is C24H35FN2O6. The van der Waals surface area contributed by atoms with Crippen molar-refractivity contribution < 1.29 is 33.0 Å². The molecule has 1 aromatic carbocycles. The molecule has 1 aliphatic rings. The van der Waals surface area contributed by atoms with Crippen molar-refractivity contribution in [3.63, 3.8) is 0 Å². The fraction of sp³-hybridized carbons (Fsp3) is 0.625. The van der Waals surface area contributed by atoms with Gasteiger partial charge in [-0.05, 0) is 58.4 Å². The third kappa shape index (κ3) is 6.98. The first-order valence-corrected chi connectivity index (χ1v) is 11.0. The Bertz CT molecular complexity index is 838. The van der Waals surface area contributed by atoms with Crippen LogP contribution < -0.4 is 5.32 Å². The van der Waals surface area contributed by atoms with Crippen molar-refractivity contribution in [2.75, 3.05) is 20.8 Å². The maximum atomic E-state index is 13.1. The highest BCUT2D eigenvalue weighted by molar-refractivity contribution is 6.01. The second-order valence-corrected chi connectivity index (χ2v) is 9.38. The number of rotatable bonds is 8. The maximum Gasteiger partial charge on any atom is 0.410 e. The summed E-state index contributed by atoms with van der Waals surface area (Å²) in [6, 6.07) is 3.89. The zero-order valence-corrected chi connectivity index (χ0v) is 20.4. The number of nitrogens with one attached hydrogen (secondary N) is 1. The monoisotopic (exact) mass is 466 g/mol. The van der Waals surface area contributed by atoms with E-state index in [-0.39, 0.29) is 11.9 Å². The van der Waals surface area contributed by atoms with Crippen LogP contribution in [0.25, 0.3) is 0 Å². The number of likely N-dealkylation sites (tertiary alicyclic amines) is 1. The van der Waals surface area contributed by atoms with Gasteiger partial charge in [0.1, 0.15) is 11.4 Å². The van der Waals surface area contributed by atoms with Crippen LogP contribution in [0.1, 0.15) is 51.4 Å². The average molecular weight is 467 g/mol. The average Bonchev–Trinajstić information content (AvgIpc) is 3.17. The number of methoxy groups -OCH3 is 2. The molecule has 0 aromatic heterocycles. The number of amides is 2. The van der Waals surface area contributed by atoms with Crippen LogP contribution in [0, 0.1) is 11.7 Å². The summed E-state index contributed by atoms with van der Waals surface area (Å²) in [7, 11) is 3.05. The fourth-order valence-corrected chi connectivity index (χ4v) is 3.96. The van der Waals surface area contributed by atoms with Crippen LogP contribution in [0.15, 0.2) is 24.3 Å². The Hall–Kier alpha value is -2.52. The second-order valence-electron chi connectivity index (χ2n) is 9.38. The van der Waals surface area contributed by atoms with Crippen LogP contribution in [-0.2, 0) is 19.0 Å². The molecule has 2 amide bonds. The summed E-state index contributed by atoms with van der Waals surface area (Å²) in [6.45, 7) is 8.94. The van der Waals surface area contributed by atoms with E-state index in [1.807, 2.05) is 0 Å². The Morgan fingerprint density at radius 3 is 2.24 bits per heavy atom. The molecule has 8 nitrogen and oxygen atoms in total. The lowest BCUT2D eigenvalue weighted by atomic mass is 9.94. The summed E-state index contributed by atoms with van der Waals surface area (Å²) >= 11 is 0. The second kappa shape index (κ2) is 11.1. The summed E-state index contributed by atoms with van der Waals surface area (Å²) < 4.78 is 29.8. The van der Waals surface area contributed by atoms with E-state index in [0.29, 0.717) is 18.5 Å². The minimum absolute atomic E-state index is 0.214. The quantitative estimate of drug-likeness (QED) is 0.592. The van der Waals surface area contributed by atoms with Gasteiger partial charge >= 0.3 is 6.09 Å². The van der Waals surface area contributed by atoms with Gasteiger partial charge < -0.3 is 19.5 Å². The third-order valence-electron chi connectivity index (χ3n) is 5.70. The van der Waals surface area contributed by atoms with Crippen LogP contribution in [0.2, 0.25) is 0 Å². The van der Waals surface area contributed by atoms with Crippen molar-refractivity contribution in [3.8, 4) is 0 Å². The summed E-state index contributed by atoms with van der Waals surface area (Å²) in [5.41, 5.74) is -0.371. The number of ketones is 1. The normalized spacial score (nSPS) is 21.3. The molecule has 0 unspecified atom stereocenters. The first-order chi connectivity index (χ1) is 15.4. The smallest absolute Gasteiger partial charge is 0.410 e. The molecule has 2 rings (SSSR count). The van der Waals surface area contributed by atoms with Gasteiger partial charge in [-0.1, -0.05) is 6.92 Å². The van der Waals surface area contributed by atoms with E-state index >= 15 is 0 Å². The van der Waals surface area contributed by atoms with Gasteiger partial charge in [-0.2, -0.15) is 0 Å². The molecule has 1 saturated heterocycles. The minimum Gasteiger partial charge on any atom is -0.444 e. The van der Waals surface area contributed by atoms with Gasteiger partial charge in [-0.3, -0.25) is 14.5 Å². The van der Waals surface area contributed by atoms with Gasteiger partial charge in [0.05, 0.1) is 36.8 Å². The first kappa shape index (κ1) is 26.7. The Morgan fingerprint density at radius 2 is 1.73 bits per heavy atom. The predicted octanol–water partition coefficient (Wildman–Crippen LogP) is 3.19. The minimum atomic E-state index is -0.819. The molecule has 9 heteroatoms. The Labute approximate surface area is 194 Å². The SMILES string of the molecule is CO[C@@H]1C[C@H]([C@H](OC)[C@@H](C)C(=O)N[C@@H](C)C(=O)c2ccc(F)cc2)N(C(=O)OC(C)(C)C)C1. The molecule has 0 radical (unpaired) electrons. The molecule has 1 aliphatic heterocycles. The van der Waals surface area contributed by atoms with Gasteiger partial charge in [-0.25, -0.2) is 9.18 Å². The van der Waals surface area contributed by atoms with Crippen molar-refractivity contribution in [3.05, 3.63) is 35.6 Å². The number of nitrogens with zero attached hydrogens (tertiary/aromatic N) is 1. The number of carbonyl (C=O) groups is 3. The van der Waals surface area contributed by atoms with Gasteiger partial charge in [-0.15, -0.1) is 0 Å². The van der Waals surface area contributed by atoms with E-state index in [1.165, 1.54) is 31.4 Å². The van der Waals surface area contributed by atoms with E-state index in [1.54, 1.807) is 46.6 Å². The van der Waals surface area contributed by atoms with Gasteiger partial charge in [0.25, 0.3) is 0 Å². The fourth-order valence-electron chi connectivity index (χ4n) is 3.96. The van der Waals surface area contributed by atoms with Crippen LogP contribution in [0.4, 0.5) is 9.18 Å². The van der Waals surface area contributed by atoms with E-state index in [4.69, 9.17) is 14.2 Å². The lowest BCUT2D eigenvalue weighted by Crippen LogP contribution is -2.52. The van der Waals surface area contributed by atoms with Crippen molar-refractivity contribution in [2.45, 2.75) is 70.9 Å². The van der Waals surface area contributed by atoms with Crippen molar-refractivity contribution in [1.82, 2.24) is 10.2 Å². The number of ether oxygens (including phenoxy) is 3. The van der Waals surface area contributed by atoms with E-state index in [2.05, 4.69) is 5.32 Å². The largest absolute Gasteiger partial charge is 0.444 e. The predicted molar refractivity (Wildman–Crippen MR) is 120 cm³/mol. The highest BCUT2D eigenvalue weighted by Crippen LogP contribution is 2.29. The van der Waals surface area contributed by atoms with Gasteiger partial charge in [0.15, 0.2) is 5.78 Å². The molecule has 184 valence electrons. The maximum absolute atomic E-state index is 13.1. The lowest BCUT2D eigenvalue weighted by molar-refractivity contribution is -0.131. The molecular weight excluding hydrogens is 431 g/mol. The standard InChI is InChI=1S/C24H35FN2O6/c1-14(22(29)26-15(2)20(28)16-8-10-17(25)11-9-16)21(32-7)19-12-18(31-6)13-27(19)23(30)33-24(3,4)5/h8-11,14-15,18-19,21H,12-13H2,1-7H3,(H,26,29)/t14-,15+,18-,19-,21-/m1/s1. The summed E-state index contributed by atoms with van der Waals surface area (Å²) in [4.78, 5) is 40.0. The number of Topliss-reactive ketones (excluding diaryl/α,β-unsaturated/α-hetero) is 1. The van der Waals surface area contributed by atoms with E-state index in [9.17, 15) is 18.8 Å². The van der Waals surface area contributed by atoms with Crippen LogP contribution in [0.5, 0.6) is 0 Å². The number of hydrogen-bond acceptors (Lipinski definition) is 6. The molecule has 0 saturated carbocycles. The third-order valence-corrected chi connectivity index (χ3v) is 5.70. The molecule has 1 aromatic rings. The number of halogens is 1. The van der Waals surface area contributed by atoms with E-state index in [0.717, 1.165) is 0 Å². The summed E-state index contributed by atoms with van der Waals surface area (Å²) in [5.74, 6) is -1.85. The molecule has 5 atom stereocenters. The zero-order chi connectivity index (χ0) is 24.9. The number of carbonyl (C=O) groups excluding carboxylic acids is 3. The lowest BCUT2D eigenvalue weighted by Gasteiger charge is -2.34. The highest BCUT2D eigenvalue weighted by atomic mass is 19.1. The van der Waals surface area contributed by atoms with Crippen molar-refractivity contribution in [2.24, 2.45) is 5.92 Å². The highest BCUT2D eigenvalue weighted by Gasteiger charge is 2.45. The van der Waals surface area contributed by atoms with Crippen molar-refractivity contribution >= 4 is 17.8 Å². The number of hydrogen-bond donors (Lipinski definition) is 1. The zero-order valence-electron chi connectivity index (χ0n) is 20.4. The Morgan fingerprint density at radius 1 is 1.12 bits per heavy atom. The topological polar surface area (TPSA) is 94.2 Å². The van der Waals surface area contributed by atoms with Crippen LogP contribution in [-0.4, -0.2) is 73.3 Å². The van der Waals surface area contributed by atoms with Crippen LogP contribution in [0.3, 0.4) is 0 Å².